The van der Waals surface area contributed by atoms with Crippen LogP contribution in [0.2, 0.25) is 5.02 Å². The van der Waals surface area contributed by atoms with Gasteiger partial charge in [0.15, 0.2) is 0 Å². The molecule has 1 aromatic rings. The lowest BCUT2D eigenvalue weighted by Crippen LogP contribution is -2.67. The van der Waals surface area contributed by atoms with Crippen molar-refractivity contribution >= 4 is 35.0 Å². The van der Waals surface area contributed by atoms with Gasteiger partial charge in [-0.15, -0.1) is 11.6 Å². The summed E-state index contributed by atoms with van der Waals surface area (Å²) in [5, 5.41) is 3.25. The van der Waals surface area contributed by atoms with E-state index in [9.17, 15) is 14.0 Å². The smallest absolute Gasteiger partial charge is 0.247 e. The Balaban J connectivity index is 1.79. The van der Waals surface area contributed by atoms with Crippen LogP contribution in [0.4, 0.5) is 4.39 Å². The molecule has 2 aliphatic heterocycles. The Labute approximate surface area is 180 Å². The third kappa shape index (κ3) is 5.40. The van der Waals surface area contributed by atoms with Crippen LogP contribution in [0, 0.1) is 0 Å². The highest BCUT2D eigenvalue weighted by molar-refractivity contribution is 6.30. The van der Waals surface area contributed by atoms with Crippen LogP contribution in [0.3, 0.4) is 0 Å². The first-order valence-corrected chi connectivity index (χ1v) is 10.7. The van der Waals surface area contributed by atoms with Crippen molar-refractivity contribution < 1.29 is 18.7 Å². The number of halogens is 3. The number of ether oxygens (including phenoxy) is 1. The average Bonchev–Trinajstić information content (AvgIpc) is 2.68. The summed E-state index contributed by atoms with van der Waals surface area (Å²) in [6.45, 7) is 3.24. The van der Waals surface area contributed by atoms with Gasteiger partial charge in [-0.1, -0.05) is 23.7 Å². The number of rotatable bonds is 7. The molecule has 1 N–H and O–H groups in total. The SMILES string of the molecule is CCOCC[C@H]1C(=O)N(C2NCC(Cl)CC2F)CC(=O)N1Cc1ccc(Cl)cc1. The van der Waals surface area contributed by atoms with Crippen LogP contribution < -0.4 is 5.32 Å². The van der Waals surface area contributed by atoms with Crippen molar-refractivity contribution in [2.24, 2.45) is 0 Å². The number of benzene rings is 1. The zero-order chi connectivity index (χ0) is 21.0. The predicted octanol–water partition coefficient (Wildman–Crippen LogP) is 2.57. The molecule has 2 fully saturated rings. The van der Waals surface area contributed by atoms with E-state index in [1.807, 2.05) is 19.1 Å². The van der Waals surface area contributed by atoms with Gasteiger partial charge in [-0.2, -0.15) is 0 Å². The lowest BCUT2D eigenvalue weighted by Gasteiger charge is -2.45. The largest absolute Gasteiger partial charge is 0.382 e. The molecule has 2 saturated heterocycles. The summed E-state index contributed by atoms with van der Waals surface area (Å²) in [6, 6.07) is 6.44. The molecule has 3 rings (SSSR count). The fraction of sp³-hybridized carbons (Fsp3) is 0.600. The maximum absolute atomic E-state index is 14.6. The van der Waals surface area contributed by atoms with E-state index in [0.717, 1.165) is 5.56 Å². The second kappa shape index (κ2) is 10.1. The Morgan fingerprint density at radius 1 is 1.28 bits per heavy atom. The van der Waals surface area contributed by atoms with E-state index in [1.54, 1.807) is 17.0 Å². The molecule has 1 aromatic carbocycles. The molecule has 29 heavy (non-hydrogen) atoms. The van der Waals surface area contributed by atoms with Crippen LogP contribution in [0.1, 0.15) is 25.3 Å². The molecule has 0 spiro atoms. The normalized spacial score (nSPS) is 28.1. The summed E-state index contributed by atoms with van der Waals surface area (Å²) < 4.78 is 20.0. The Bertz CT molecular complexity index is 721. The lowest BCUT2D eigenvalue weighted by molar-refractivity contribution is -0.162. The molecule has 0 aliphatic carbocycles. The first-order chi connectivity index (χ1) is 13.9. The highest BCUT2D eigenvalue weighted by Gasteiger charge is 2.45. The number of nitrogens with one attached hydrogen (secondary N) is 1. The summed E-state index contributed by atoms with van der Waals surface area (Å²) in [5.74, 6) is -0.491. The minimum absolute atomic E-state index is 0.148. The van der Waals surface area contributed by atoms with Gasteiger partial charge in [0.2, 0.25) is 11.8 Å². The van der Waals surface area contributed by atoms with E-state index >= 15 is 0 Å². The van der Waals surface area contributed by atoms with Gasteiger partial charge in [0, 0.05) is 43.1 Å². The van der Waals surface area contributed by atoms with Crippen molar-refractivity contribution in [3.8, 4) is 0 Å². The summed E-state index contributed by atoms with van der Waals surface area (Å²) in [4.78, 5) is 29.1. The van der Waals surface area contributed by atoms with Gasteiger partial charge < -0.3 is 14.5 Å². The minimum atomic E-state index is -1.32. The number of hydrogen-bond donors (Lipinski definition) is 1. The van der Waals surface area contributed by atoms with Gasteiger partial charge in [0.05, 0.1) is 0 Å². The van der Waals surface area contributed by atoms with E-state index in [1.165, 1.54) is 4.90 Å². The van der Waals surface area contributed by atoms with Gasteiger partial charge in [-0.05, 0) is 31.0 Å². The second-order valence-corrected chi connectivity index (χ2v) is 8.37. The monoisotopic (exact) mass is 445 g/mol. The van der Waals surface area contributed by atoms with E-state index in [4.69, 9.17) is 27.9 Å². The minimum Gasteiger partial charge on any atom is -0.382 e. The molecule has 0 radical (unpaired) electrons. The van der Waals surface area contributed by atoms with Crippen LogP contribution in [-0.2, 0) is 20.9 Å². The molecule has 6 nitrogen and oxygen atoms in total. The number of nitrogens with zero attached hydrogens (tertiary/aromatic N) is 2. The van der Waals surface area contributed by atoms with Crippen LogP contribution in [0.15, 0.2) is 24.3 Å². The standard InChI is InChI=1S/C20H26Cl2FN3O3/c1-2-29-8-7-17-20(28)26(19-16(23)9-15(22)10-24-19)12-18(27)25(17)11-13-3-5-14(21)6-4-13/h3-6,15-17,19,24H,2,7-12H2,1H3/t15?,16?,17-,19?/m0/s1. The quantitative estimate of drug-likeness (QED) is 0.517. The van der Waals surface area contributed by atoms with Crippen LogP contribution in [0.5, 0.6) is 0 Å². The van der Waals surface area contributed by atoms with E-state index in [2.05, 4.69) is 5.32 Å². The van der Waals surface area contributed by atoms with Crippen molar-refractivity contribution in [3.63, 3.8) is 0 Å². The molecule has 4 atom stereocenters. The molecule has 160 valence electrons. The predicted molar refractivity (Wildman–Crippen MR) is 110 cm³/mol. The third-order valence-electron chi connectivity index (χ3n) is 5.28. The van der Waals surface area contributed by atoms with Crippen LogP contribution in [0.25, 0.3) is 0 Å². The number of piperazine rings is 1. The molecule has 2 amide bonds. The molecular formula is C20H26Cl2FN3O3. The molecule has 0 saturated carbocycles. The number of piperidine rings is 1. The summed E-state index contributed by atoms with van der Waals surface area (Å²) >= 11 is 12.0. The van der Waals surface area contributed by atoms with Crippen molar-refractivity contribution in [3.05, 3.63) is 34.9 Å². The molecule has 2 aliphatic rings. The molecule has 0 bridgehead atoms. The molecule has 9 heteroatoms. The van der Waals surface area contributed by atoms with Crippen molar-refractivity contribution in [1.82, 2.24) is 15.1 Å². The van der Waals surface area contributed by atoms with Crippen molar-refractivity contribution in [2.45, 2.75) is 50.1 Å². The highest BCUT2D eigenvalue weighted by Crippen LogP contribution is 2.26. The Morgan fingerprint density at radius 3 is 2.66 bits per heavy atom. The van der Waals surface area contributed by atoms with Crippen LogP contribution >= 0.6 is 23.2 Å². The van der Waals surface area contributed by atoms with Gasteiger partial charge in [0.1, 0.15) is 24.9 Å². The Kier molecular flexibility index (Phi) is 7.73. The van der Waals surface area contributed by atoms with Crippen molar-refractivity contribution in [2.75, 3.05) is 26.3 Å². The Morgan fingerprint density at radius 2 is 2.00 bits per heavy atom. The number of carbonyl (C=O) groups excluding carboxylic acids is 2. The number of hydrogen-bond acceptors (Lipinski definition) is 4. The number of carbonyl (C=O) groups is 2. The Hall–Kier alpha value is -1.41. The third-order valence-corrected chi connectivity index (χ3v) is 5.87. The zero-order valence-electron chi connectivity index (χ0n) is 16.3. The fourth-order valence-electron chi connectivity index (χ4n) is 3.79. The molecular weight excluding hydrogens is 420 g/mol. The average molecular weight is 446 g/mol. The summed E-state index contributed by atoms with van der Waals surface area (Å²) in [7, 11) is 0. The second-order valence-electron chi connectivity index (χ2n) is 7.32. The maximum Gasteiger partial charge on any atom is 0.247 e. The maximum atomic E-state index is 14.6. The first-order valence-electron chi connectivity index (χ1n) is 9.84. The van der Waals surface area contributed by atoms with E-state index in [0.29, 0.717) is 31.2 Å². The first kappa shape index (κ1) is 22.3. The van der Waals surface area contributed by atoms with E-state index in [-0.39, 0.29) is 36.7 Å². The topological polar surface area (TPSA) is 61.9 Å². The summed E-state index contributed by atoms with van der Waals surface area (Å²) in [6.07, 6.45) is -1.66. The van der Waals surface area contributed by atoms with E-state index < -0.39 is 18.4 Å². The fourth-order valence-corrected chi connectivity index (χ4v) is 4.18. The number of amides is 2. The molecule has 0 aromatic heterocycles. The van der Waals surface area contributed by atoms with Gasteiger partial charge in [-0.25, -0.2) is 4.39 Å². The van der Waals surface area contributed by atoms with Crippen molar-refractivity contribution in [1.29, 1.82) is 0 Å². The highest BCUT2D eigenvalue weighted by atomic mass is 35.5. The molecule has 2 heterocycles. The van der Waals surface area contributed by atoms with Gasteiger partial charge >= 0.3 is 0 Å². The van der Waals surface area contributed by atoms with Gasteiger partial charge in [0.25, 0.3) is 0 Å². The van der Waals surface area contributed by atoms with Gasteiger partial charge in [-0.3, -0.25) is 14.9 Å². The summed E-state index contributed by atoms with van der Waals surface area (Å²) in [5.41, 5.74) is 0.870. The van der Waals surface area contributed by atoms with Crippen LogP contribution in [-0.4, -0.2) is 71.7 Å². The number of alkyl halides is 2. The lowest BCUT2D eigenvalue weighted by atomic mass is 10.0. The zero-order valence-corrected chi connectivity index (χ0v) is 17.8. The molecule has 3 unspecified atom stereocenters.